The Morgan fingerprint density at radius 1 is 1.15 bits per heavy atom. The molecule has 0 radical (unpaired) electrons. The van der Waals surface area contributed by atoms with Gasteiger partial charge in [0.25, 0.3) is 5.90 Å². The van der Waals surface area contributed by atoms with E-state index >= 15 is 0 Å². The Morgan fingerprint density at radius 3 is 2.44 bits per heavy atom. The molecule has 0 amide bonds. The second kappa shape index (κ2) is 6.94. The fourth-order valence-corrected chi connectivity index (χ4v) is 5.05. The van der Waals surface area contributed by atoms with Gasteiger partial charge in [0.2, 0.25) is 15.7 Å². The van der Waals surface area contributed by atoms with Crippen molar-refractivity contribution in [1.82, 2.24) is 0 Å². The van der Waals surface area contributed by atoms with Crippen molar-refractivity contribution in [3.05, 3.63) is 46.9 Å². The molecule has 2 N–H and O–H groups in total. The van der Waals surface area contributed by atoms with Crippen molar-refractivity contribution in [2.75, 3.05) is 12.4 Å². The predicted octanol–water partition coefficient (Wildman–Crippen LogP) is 2.10. The van der Waals surface area contributed by atoms with Crippen molar-refractivity contribution in [3.63, 3.8) is 0 Å². The first-order chi connectivity index (χ1) is 12.6. The first-order valence-electron chi connectivity index (χ1n) is 7.23. The van der Waals surface area contributed by atoms with E-state index in [4.69, 9.17) is 4.74 Å². The maximum absolute atomic E-state index is 12.8. The van der Waals surface area contributed by atoms with Crippen LogP contribution in [-0.2, 0) is 24.8 Å². The number of ether oxygens (including phenoxy) is 1. The molecular weight excluding hydrogens is 462 g/mol. The van der Waals surface area contributed by atoms with Crippen LogP contribution < -0.4 is 5.32 Å². The van der Waals surface area contributed by atoms with Crippen LogP contribution in [0.4, 0.5) is 5.69 Å². The van der Waals surface area contributed by atoms with Gasteiger partial charge in [-0.25, -0.2) is 8.42 Å². The molecule has 1 aliphatic rings. The topological polar surface area (TPSA) is 134 Å². The minimum atomic E-state index is -4.10. The summed E-state index contributed by atoms with van der Waals surface area (Å²) in [6.07, 6.45) is 0. The molecule has 0 saturated heterocycles. The number of aromatic hydroxyl groups is 1. The highest BCUT2D eigenvalue weighted by molar-refractivity contribution is 9.10. The Balaban J connectivity index is 2.10. The molecule has 27 heavy (non-hydrogen) atoms. The zero-order chi connectivity index (χ0) is 19.8. The number of halogens is 1. The quantitative estimate of drug-likeness (QED) is 0.651. The highest BCUT2D eigenvalue weighted by Crippen LogP contribution is 2.37. The van der Waals surface area contributed by atoms with Gasteiger partial charge in [0.05, 0.1) is 17.7 Å². The third kappa shape index (κ3) is 3.82. The second-order valence-corrected chi connectivity index (χ2v) is 9.32. The standard InChI is InChI=1S/C15H12BrN3O6S2/c1-25-15-14(18-27(23,24)19-15)17-11-7-9(16)8-12(13(11)20)26(21,22)10-5-3-2-4-6-10/h2-8,20H,1H3,(H,17,18). The lowest BCUT2D eigenvalue weighted by Gasteiger charge is -2.13. The SMILES string of the molecule is COC1=NS(=O)(=O)N=C1Nc1cc(Br)cc(S(=O)(=O)c2ccccc2)c1O. The summed E-state index contributed by atoms with van der Waals surface area (Å²) < 4.78 is 60.5. The lowest BCUT2D eigenvalue weighted by Crippen LogP contribution is -2.22. The van der Waals surface area contributed by atoms with Gasteiger partial charge >= 0.3 is 10.2 Å². The molecular formula is C15H12BrN3O6S2. The lowest BCUT2D eigenvalue weighted by atomic mass is 10.3. The summed E-state index contributed by atoms with van der Waals surface area (Å²) in [5.74, 6) is -1.21. The predicted molar refractivity (Wildman–Crippen MR) is 102 cm³/mol. The second-order valence-electron chi connectivity index (χ2n) is 5.23. The molecule has 142 valence electrons. The highest BCUT2D eigenvalue weighted by Gasteiger charge is 2.28. The number of methoxy groups -OCH3 is 1. The molecule has 2 aromatic carbocycles. The average molecular weight is 474 g/mol. The Morgan fingerprint density at radius 2 is 1.81 bits per heavy atom. The van der Waals surface area contributed by atoms with Crippen molar-refractivity contribution in [3.8, 4) is 5.75 Å². The fourth-order valence-electron chi connectivity index (χ4n) is 2.26. The summed E-state index contributed by atoms with van der Waals surface area (Å²) in [7, 11) is -6.94. The van der Waals surface area contributed by atoms with E-state index in [-0.39, 0.29) is 27.2 Å². The summed E-state index contributed by atoms with van der Waals surface area (Å²) in [5.41, 5.74) is -0.0977. The summed E-state index contributed by atoms with van der Waals surface area (Å²) in [5, 5.41) is 13.1. The van der Waals surface area contributed by atoms with E-state index < -0.39 is 25.8 Å². The Labute approximate surface area is 163 Å². The van der Waals surface area contributed by atoms with Gasteiger partial charge < -0.3 is 15.2 Å². The molecule has 0 fully saturated rings. The number of benzene rings is 2. The molecule has 12 heteroatoms. The van der Waals surface area contributed by atoms with Crippen molar-refractivity contribution in [2.24, 2.45) is 8.80 Å². The average Bonchev–Trinajstić information content (AvgIpc) is 2.92. The van der Waals surface area contributed by atoms with E-state index in [1.165, 1.54) is 31.4 Å². The molecule has 3 rings (SSSR count). The lowest BCUT2D eigenvalue weighted by molar-refractivity contribution is 0.412. The summed E-state index contributed by atoms with van der Waals surface area (Å²) >= 11 is 3.18. The van der Waals surface area contributed by atoms with Crippen molar-refractivity contribution >= 4 is 53.4 Å². The van der Waals surface area contributed by atoms with Gasteiger partial charge in [-0.05, 0) is 24.3 Å². The maximum atomic E-state index is 12.8. The van der Waals surface area contributed by atoms with Gasteiger partial charge in [-0.1, -0.05) is 34.1 Å². The molecule has 0 spiro atoms. The molecule has 1 heterocycles. The third-order valence-corrected chi connectivity index (χ3v) is 6.49. The number of amidine groups is 1. The molecule has 0 aromatic heterocycles. The number of phenols is 1. The van der Waals surface area contributed by atoms with Crippen LogP contribution in [0.3, 0.4) is 0 Å². The van der Waals surface area contributed by atoms with E-state index in [1.807, 2.05) is 0 Å². The Kier molecular flexibility index (Phi) is 4.97. The smallest absolute Gasteiger partial charge is 0.368 e. The molecule has 0 aliphatic carbocycles. The Hall–Kier alpha value is -2.44. The first-order valence-corrected chi connectivity index (χ1v) is 10.9. The van der Waals surface area contributed by atoms with Crippen LogP contribution in [-0.4, -0.2) is 40.8 Å². The molecule has 0 saturated carbocycles. The van der Waals surface area contributed by atoms with E-state index in [9.17, 15) is 21.9 Å². The largest absolute Gasteiger partial charge is 0.504 e. The number of hydrogen-bond donors (Lipinski definition) is 2. The number of nitrogens with one attached hydrogen (secondary N) is 1. The van der Waals surface area contributed by atoms with Crippen LogP contribution in [0.5, 0.6) is 5.75 Å². The monoisotopic (exact) mass is 473 g/mol. The zero-order valence-electron chi connectivity index (χ0n) is 13.6. The first kappa shape index (κ1) is 19.3. The molecule has 0 unspecified atom stereocenters. The van der Waals surface area contributed by atoms with Gasteiger partial charge in [0, 0.05) is 4.47 Å². The van der Waals surface area contributed by atoms with Crippen LogP contribution in [0.1, 0.15) is 0 Å². The molecule has 9 nitrogen and oxygen atoms in total. The van der Waals surface area contributed by atoms with E-state index in [1.54, 1.807) is 18.2 Å². The molecule has 0 atom stereocenters. The van der Waals surface area contributed by atoms with Crippen LogP contribution in [0.15, 0.2) is 65.5 Å². The van der Waals surface area contributed by atoms with E-state index in [0.29, 0.717) is 4.47 Å². The minimum Gasteiger partial charge on any atom is -0.504 e. The van der Waals surface area contributed by atoms with Crippen LogP contribution in [0.2, 0.25) is 0 Å². The van der Waals surface area contributed by atoms with Gasteiger partial charge in [0.15, 0.2) is 5.75 Å². The van der Waals surface area contributed by atoms with Crippen LogP contribution >= 0.6 is 15.9 Å². The van der Waals surface area contributed by atoms with Gasteiger partial charge in [-0.2, -0.15) is 8.42 Å². The van der Waals surface area contributed by atoms with E-state index in [0.717, 1.165) is 0 Å². The number of sulfone groups is 1. The minimum absolute atomic E-state index is 0.00993. The van der Waals surface area contributed by atoms with Gasteiger partial charge in [-0.3, -0.25) is 0 Å². The number of nitrogens with zero attached hydrogens (tertiary/aromatic N) is 2. The van der Waals surface area contributed by atoms with Crippen LogP contribution in [0.25, 0.3) is 0 Å². The van der Waals surface area contributed by atoms with Crippen LogP contribution in [0, 0.1) is 0 Å². The van der Waals surface area contributed by atoms with Gasteiger partial charge in [-0.15, -0.1) is 8.80 Å². The molecule has 2 aromatic rings. The van der Waals surface area contributed by atoms with Crippen molar-refractivity contribution in [1.29, 1.82) is 0 Å². The number of anilines is 1. The summed E-state index contributed by atoms with van der Waals surface area (Å²) in [6.45, 7) is 0. The Bertz CT molecular complexity index is 1180. The summed E-state index contributed by atoms with van der Waals surface area (Å²) in [6, 6.07) is 10.2. The molecule has 0 bridgehead atoms. The maximum Gasteiger partial charge on any atom is 0.368 e. The highest BCUT2D eigenvalue weighted by atomic mass is 79.9. The number of hydrogen-bond acceptors (Lipinski definition) is 7. The fraction of sp³-hybridized carbons (Fsp3) is 0.0667. The molecule has 1 aliphatic heterocycles. The van der Waals surface area contributed by atoms with E-state index in [2.05, 4.69) is 30.0 Å². The zero-order valence-corrected chi connectivity index (χ0v) is 16.8. The number of phenolic OH excluding ortho intramolecular Hbond substituents is 1. The van der Waals surface area contributed by atoms with Crippen molar-refractivity contribution in [2.45, 2.75) is 9.79 Å². The van der Waals surface area contributed by atoms with Gasteiger partial charge in [0.1, 0.15) is 4.90 Å². The number of rotatable bonds is 3. The van der Waals surface area contributed by atoms with Crippen molar-refractivity contribution < 1.29 is 26.7 Å². The normalized spacial score (nSPS) is 15.8. The summed E-state index contributed by atoms with van der Waals surface area (Å²) in [4.78, 5) is -0.382. The third-order valence-electron chi connectivity index (χ3n) is 3.44.